The van der Waals surface area contributed by atoms with Crippen LogP contribution in [0.15, 0.2) is 53.5 Å². The van der Waals surface area contributed by atoms with Crippen LogP contribution in [0.5, 0.6) is 0 Å². The van der Waals surface area contributed by atoms with Crippen molar-refractivity contribution in [3.05, 3.63) is 70.2 Å². The summed E-state index contributed by atoms with van der Waals surface area (Å²) in [7, 11) is 0. The maximum Gasteiger partial charge on any atom is 0.252 e. The van der Waals surface area contributed by atoms with E-state index in [4.69, 9.17) is 11.6 Å². The second-order valence-electron chi connectivity index (χ2n) is 5.69. The lowest BCUT2D eigenvalue weighted by atomic mass is 10.1. The summed E-state index contributed by atoms with van der Waals surface area (Å²) in [6.45, 7) is 2.87. The largest absolute Gasteiger partial charge is 0.346 e. The number of amides is 1. The molecule has 0 fully saturated rings. The molecule has 1 N–H and O–H groups in total. The molecule has 0 radical (unpaired) electrons. The van der Waals surface area contributed by atoms with Gasteiger partial charge in [0.1, 0.15) is 4.38 Å². The van der Waals surface area contributed by atoms with E-state index in [9.17, 15) is 4.79 Å². The molecule has 3 nitrogen and oxygen atoms in total. The summed E-state index contributed by atoms with van der Waals surface area (Å²) in [6, 6.07) is 15.2. The van der Waals surface area contributed by atoms with Crippen LogP contribution in [0.3, 0.4) is 0 Å². The Kier molecular flexibility index (Phi) is 6.45. The van der Waals surface area contributed by atoms with E-state index in [-0.39, 0.29) is 11.9 Å². The number of benzene rings is 2. The molecule has 0 saturated heterocycles. The van der Waals surface area contributed by atoms with Gasteiger partial charge in [-0.05, 0) is 36.2 Å². The predicted octanol–water partition coefficient (Wildman–Crippen LogP) is 5.17. The molecule has 3 rings (SSSR count). The minimum Gasteiger partial charge on any atom is -0.346 e. The lowest BCUT2D eigenvalue weighted by molar-refractivity contribution is 0.0939. The van der Waals surface area contributed by atoms with Crippen LogP contribution in [0.1, 0.15) is 34.5 Å². The average molecular weight is 391 g/mol. The van der Waals surface area contributed by atoms with Gasteiger partial charge in [0.15, 0.2) is 0 Å². The molecule has 1 atom stereocenters. The van der Waals surface area contributed by atoms with Crippen molar-refractivity contribution in [2.75, 3.05) is 12.3 Å². The number of carbonyl (C=O) groups excluding carboxylic acids is 1. The Bertz CT molecular complexity index is 777. The van der Waals surface area contributed by atoms with Crippen molar-refractivity contribution >= 4 is 45.4 Å². The molecule has 1 aliphatic heterocycles. The first-order chi connectivity index (χ1) is 12.1. The molecule has 2 aromatic rings. The molecule has 1 unspecified atom stereocenters. The van der Waals surface area contributed by atoms with Gasteiger partial charge in [-0.15, -0.1) is 0 Å². The molecule has 25 heavy (non-hydrogen) atoms. The smallest absolute Gasteiger partial charge is 0.252 e. The van der Waals surface area contributed by atoms with E-state index >= 15 is 0 Å². The van der Waals surface area contributed by atoms with Crippen molar-refractivity contribution < 1.29 is 4.79 Å². The first kappa shape index (κ1) is 18.4. The first-order valence-electron chi connectivity index (χ1n) is 8.08. The molecule has 130 valence electrons. The summed E-state index contributed by atoms with van der Waals surface area (Å²) in [5.41, 5.74) is 2.78. The third kappa shape index (κ3) is 5.03. The molecule has 1 amide bonds. The van der Waals surface area contributed by atoms with Crippen LogP contribution in [0.4, 0.5) is 0 Å². The summed E-state index contributed by atoms with van der Waals surface area (Å²) in [5, 5.41) is 3.77. The molecule has 0 saturated carbocycles. The molecule has 0 aromatic heterocycles. The van der Waals surface area contributed by atoms with Crippen LogP contribution in [-0.2, 0) is 5.75 Å². The second kappa shape index (κ2) is 8.79. The van der Waals surface area contributed by atoms with Crippen LogP contribution in [0.2, 0.25) is 5.02 Å². The molecule has 1 aliphatic rings. The highest BCUT2D eigenvalue weighted by atomic mass is 35.5. The van der Waals surface area contributed by atoms with Crippen molar-refractivity contribution in [2.24, 2.45) is 4.99 Å². The topological polar surface area (TPSA) is 41.5 Å². The van der Waals surface area contributed by atoms with Gasteiger partial charge in [0.05, 0.1) is 12.6 Å². The number of aliphatic imine (C=N–C) groups is 1. The van der Waals surface area contributed by atoms with Crippen molar-refractivity contribution in [1.82, 2.24) is 5.32 Å². The van der Waals surface area contributed by atoms with E-state index in [0.29, 0.717) is 5.02 Å². The Hall–Kier alpha value is -1.43. The summed E-state index contributed by atoms with van der Waals surface area (Å²) in [4.78, 5) is 17.2. The predicted molar refractivity (Wildman–Crippen MR) is 110 cm³/mol. The number of thioether (sulfide) groups is 2. The zero-order chi connectivity index (χ0) is 17.6. The second-order valence-corrected chi connectivity index (χ2v) is 8.43. The molecule has 1 heterocycles. The maximum atomic E-state index is 12.7. The van der Waals surface area contributed by atoms with Crippen LogP contribution in [0, 0.1) is 0 Å². The highest BCUT2D eigenvalue weighted by Gasteiger charge is 2.16. The molecule has 2 aromatic carbocycles. The van der Waals surface area contributed by atoms with Gasteiger partial charge in [0, 0.05) is 22.1 Å². The van der Waals surface area contributed by atoms with Gasteiger partial charge in [0.2, 0.25) is 0 Å². The Morgan fingerprint density at radius 3 is 2.76 bits per heavy atom. The fraction of sp³-hybridized carbons (Fsp3) is 0.263. The van der Waals surface area contributed by atoms with Crippen LogP contribution < -0.4 is 5.32 Å². The molecule has 0 bridgehead atoms. The summed E-state index contributed by atoms with van der Waals surface area (Å²) < 4.78 is 1.12. The zero-order valence-electron chi connectivity index (χ0n) is 13.9. The monoisotopic (exact) mass is 390 g/mol. The Morgan fingerprint density at radius 2 is 2.04 bits per heavy atom. The molecule has 6 heteroatoms. The normalized spacial score (nSPS) is 14.9. The average Bonchev–Trinajstić information content (AvgIpc) is 3.14. The number of rotatable bonds is 5. The minimum atomic E-state index is -0.0831. The van der Waals surface area contributed by atoms with Crippen molar-refractivity contribution in [3.63, 3.8) is 0 Å². The summed E-state index contributed by atoms with van der Waals surface area (Å²) in [5.74, 6) is 1.76. The van der Waals surface area contributed by atoms with Gasteiger partial charge in [0.25, 0.3) is 5.91 Å². The highest BCUT2D eigenvalue weighted by Crippen LogP contribution is 2.26. The SMILES string of the molecule is CC(NC(=O)c1ccccc1CSC1=NCCS1)c1ccc(Cl)cc1. The van der Waals surface area contributed by atoms with E-state index in [1.807, 2.05) is 55.5 Å². The van der Waals surface area contributed by atoms with Gasteiger partial charge >= 0.3 is 0 Å². The summed E-state index contributed by atoms with van der Waals surface area (Å²) >= 11 is 9.42. The van der Waals surface area contributed by atoms with Gasteiger partial charge in [-0.25, -0.2) is 0 Å². The van der Waals surface area contributed by atoms with Crippen LogP contribution in [-0.4, -0.2) is 22.6 Å². The van der Waals surface area contributed by atoms with Gasteiger partial charge < -0.3 is 5.32 Å². The van der Waals surface area contributed by atoms with E-state index < -0.39 is 0 Å². The summed E-state index contributed by atoms with van der Waals surface area (Å²) in [6.07, 6.45) is 0. The van der Waals surface area contributed by atoms with Gasteiger partial charge in [-0.2, -0.15) is 0 Å². The quantitative estimate of drug-likeness (QED) is 0.765. The van der Waals surface area contributed by atoms with Crippen molar-refractivity contribution in [3.8, 4) is 0 Å². The van der Waals surface area contributed by atoms with Crippen molar-refractivity contribution in [2.45, 2.75) is 18.7 Å². The van der Waals surface area contributed by atoms with E-state index in [2.05, 4.69) is 10.3 Å². The van der Waals surface area contributed by atoms with E-state index in [1.165, 1.54) is 0 Å². The lowest BCUT2D eigenvalue weighted by Crippen LogP contribution is -2.27. The fourth-order valence-corrected chi connectivity index (χ4v) is 4.66. The Balaban J connectivity index is 1.67. The number of hydrogen-bond acceptors (Lipinski definition) is 4. The number of nitrogens with zero attached hydrogens (tertiary/aromatic N) is 1. The zero-order valence-corrected chi connectivity index (χ0v) is 16.3. The maximum absolute atomic E-state index is 12.7. The number of carbonyl (C=O) groups is 1. The fourth-order valence-electron chi connectivity index (χ4n) is 2.52. The molecular formula is C19H19ClN2OS2. The van der Waals surface area contributed by atoms with E-state index in [1.54, 1.807) is 23.5 Å². The lowest BCUT2D eigenvalue weighted by Gasteiger charge is -2.16. The standard InChI is InChI=1S/C19H19ClN2OS2/c1-13(14-6-8-16(20)9-7-14)22-18(23)17-5-3-2-4-15(17)12-25-19-21-10-11-24-19/h2-9,13H,10-12H2,1H3,(H,22,23). The van der Waals surface area contributed by atoms with Crippen molar-refractivity contribution in [1.29, 1.82) is 0 Å². The van der Waals surface area contributed by atoms with Crippen LogP contribution in [0.25, 0.3) is 0 Å². The third-order valence-corrected chi connectivity index (χ3v) is 6.44. The molecular weight excluding hydrogens is 372 g/mol. The number of halogens is 1. The number of nitrogens with one attached hydrogen (secondary N) is 1. The third-order valence-electron chi connectivity index (χ3n) is 3.89. The minimum absolute atomic E-state index is 0.0559. The van der Waals surface area contributed by atoms with Crippen LogP contribution >= 0.6 is 35.1 Å². The Morgan fingerprint density at radius 1 is 1.28 bits per heavy atom. The molecule has 0 spiro atoms. The molecule has 0 aliphatic carbocycles. The Labute approximate surface area is 161 Å². The van der Waals surface area contributed by atoms with Gasteiger partial charge in [-0.1, -0.05) is 65.5 Å². The van der Waals surface area contributed by atoms with Gasteiger partial charge in [-0.3, -0.25) is 9.79 Å². The first-order valence-corrected chi connectivity index (χ1v) is 10.4. The number of hydrogen-bond donors (Lipinski definition) is 1. The highest BCUT2D eigenvalue weighted by molar-refractivity contribution is 8.38. The van der Waals surface area contributed by atoms with E-state index in [0.717, 1.165) is 39.1 Å².